The van der Waals surface area contributed by atoms with Gasteiger partial charge in [0.15, 0.2) is 11.5 Å². The summed E-state index contributed by atoms with van der Waals surface area (Å²) in [5.41, 5.74) is 1.01. The molecule has 2 aromatic rings. The number of rotatable bonds is 10. The van der Waals surface area contributed by atoms with Gasteiger partial charge in [-0.2, -0.15) is 0 Å². The summed E-state index contributed by atoms with van der Waals surface area (Å²) in [6.07, 6.45) is 1.75. The minimum atomic E-state index is -3.84. The van der Waals surface area contributed by atoms with Crippen LogP contribution in [-0.4, -0.2) is 56.8 Å². The maximum Gasteiger partial charge on any atom is 0.244 e. The Labute approximate surface area is 211 Å². The molecule has 9 nitrogen and oxygen atoms in total. The Bertz CT molecular complexity index is 1170. The van der Waals surface area contributed by atoms with E-state index in [-0.39, 0.29) is 31.0 Å². The van der Waals surface area contributed by atoms with Crippen LogP contribution in [-0.2, 0) is 26.2 Å². The molecule has 2 aromatic carbocycles. The zero-order valence-corrected chi connectivity index (χ0v) is 21.7. The molecule has 0 saturated carbocycles. The number of amides is 2. The van der Waals surface area contributed by atoms with E-state index in [0.29, 0.717) is 16.5 Å². The fourth-order valence-electron chi connectivity index (χ4n) is 3.49. The summed E-state index contributed by atoms with van der Waals surface area (Å²) < 4.78 is 37.0. The van der Waals surface area contributed by atoms with E-state index in [1.165, 1.54) is 11.0 Å². The van der Waals surface area contributed by atoms with Crippen LogP contribution in [0.2, 0.25) is 5.02 Å². The van der Waals surface area contributed by atoms with Crippen molar-refractivity contribution < 1.29 is 27.5 Å². The first-order valence-corrected chi connectivity index (χ1v) is 13.4. The lowest BCUT2D eigenvalue weighted by molar-refractivity contribution is -0.139. The van der Waals surface area contributed by atoms with Crippen LogP contribution in [0, 0.1) is 0 Å². The monoisotopic (exact) mass is 523 g/mol. The molecule has 0 radical (unpaired) electrons. The van der Waals surface area contributed by atoms with E-state index in [0.717, 1.165) is 22.5 Å². The van der Waals surface area contributed by atoms with Gasteiger partial charge >= 0.3 is 0 Å². The summed E-state index contributed by atoms with van der Waals surface area (Å²) in [5.74, 6) is 0.0293. The van der Waals surface area contributed by atoms with Crippen LogP contribution < -0.4 is 19.1 Å². The number of fused-ring (bicyclic) bond motifs is 1. The topological polar surface area (TPSA) is 105 Å². The van der Waals surface area contributed by atoms with Crippen molar-refractivity contribution in [3.05, 3.63) is 53.1 Å². The maximum absolute atomic E-state index is 13.5. The Kier molecular flexibility index (Phi) is 8.50. The molecule has 0 aromatic heterocycles. The predicted octanol–water partition coefficient (Wildman–Crippen LogP) is 3.17. The molecule has 0 fully saturated rings. The zero-order chi connectivity index (χ0) is 25.8. The van der Waals surface area contributed by atoms with E-state index >= 15 is 0 Å². The zero-order valence-electron chi connectivity index (χ0n) is 20.2. The SMILES string of the molecule is CC[C@@H](C)NC(=O)[C@H](C)N(Cc1ccc(Cl)cc1)C(=O)CN(c1ccc2c(c1)OCO2)S(C)(=O)=O. The summed E-state index contributed by atoms with van der Waals surface area (Å²) >= 11 is 5.99. The molecule has 0 saturated heterocycles. The minimum Gasteiger partial charge on any atom is -0.454 e. The summed E-state index contributed by atoms with van der Waals surface area (Å²) in [6, 6.07) is 10.6. The Hall–Kier alpha value is -2.98. The summed E-state index contributed by atoms with van der Waals surface area (Å²) in [5, 5.41) is 3.43. The van der Waals surface area contributed by atoms with Crippen molar-refractivity contribution in [2.24, 2.45) is 0 Å². The van der Waals surface area contributed by atoms with Crippen molar-refractivity contribution in [1.82, 2.24) is 10.2 Å². The third-order valence-corrected chi connectivity index (χ3v) is 7.15. The van der Waals surface area contributed by atoms with Crippen LogP contribution in [0.3, 0.4) is 0 Å². The van der Waals surface area contributed by atoms with Crippen LogP contribution >= 0.6 is 11.6 Å². The lowest BCUT2D eigenvalue weighted by Crippen LogP contribution is -2.52. The molecule has 2 atom stereocenters. The number of benzene rings is 2. The number of carbonyl (C=O) groups is 2. The maximum atomic E-state index is 13.5. The highest BCUT2D eigenvalue weighted by atomic mass is 35.5. The molecule has 0 bridgehead atoms. The average molecular weight is 524 g/mol. The lowest BCUT2D eigenvalue weighted by atomic mass is 10.1. The number of carbonyl (C=O) groups excluding carboxylic acids is 2. The van der Waals surface area contributed by atoms with Gasteiger partial charge in [-0.05, 0) is 50.1 Å². The molecular formula is C24H30ClN3O6S. The van der Waals surface area contributed by atoms with Gasteiger partial charge in [0.2, 0.25) is 28.6 Å². The van der Waals surface area contributed by atoms with Crippen LogP contribution in [0.25, 0.3) is 0 Å². The predicted molar refractivity (Wildman–Crippen MR) is 134 cm³/mol. The van der Waals surface area contributed by atoms with Gasteiger partial charge in [-0.25, -0.2) is 8.42 Å². The van der Waals surface area contributed by atoms with Crippen LogP contribution in [0.1, 0.15) is 32.8 Å². The summed E-state index contributed by atoms with van der Waals surface area (Å²) in [6.45, 7) is 5.09. The van der Waals surface area contributed by atoms with Crippen molar-refractivity contribution in [2.45, 2.75) is 45.8 Å². The molecule has 1 aliphatic heterocycles. The molecule has 1 N–H and O–H groups in total. The largest absolute Gasteiger partial charge is 0.454 e. The molecule has 190 valence electrons. The third kappa shape index (κ3) is 6.79. The van der Waals surface area contributed by atoms with E-state index in [2.05, 4.69) is 5.32 Å². The van der Waals surface area contributed by atoms with Gasteiger partial charge in [-0.15, -0.1) is 0 Å². The van der Waals surface area contributed by atoms with E-state index in [4.69, 9.17) is 21.1 Å². The first-order valence-electron chi connectivity index (χ1n) is 11.2. The van der Waals surface area contributed by atoms with Crippen molar-refractivity contribution in [2.75, 3.05) is 23.9 Å². The van der Waals surface area contributed by atoms with Crippen LogP contribution in [0.4, 0.5) is 5.69 Å². The second kappa shape index (κ2) is 11.2. The number of nitrogens with one attached hydrogen (secondary N) is 1. The quantitative estimate of drug-likeness (QED) is 0.513. The fraction of sp³-hybridized carbons (Fsp3) is 0.417. The van der Waals surface area contributed by atoms with Gasteiger partial charge in [0.1, 0.15) is 12.6 Å². The number of halogens is 1. The molecule has 0 unspecified atom stereocenters. The van der Waals surface area contributed by atoms with Gasteiger partial charge in [0.25, 0.3) is 0 Å². The highest BCUT2D eigenvalue weighted by molar-refractivity contribution is 7.92. The highest BCUT2D eigenvalue weighted by Gasteiger charge is 2.31. The molecular weight excluding hydrogens is 494 g/mol. The van der Waals surface area contributed by atoms with Gasteiger partial charge in [-0.1, -0.05) is 30.7 Å². The molecule has 1 aliphatic rings. The number of anilines is 1. The fourth-order valence-corrected chi connectivity index (χ4v) is 4.46. The lowest BCUT2D eigenvalue weighted by Gasteiger charge is -2.32. The van der Waals surface area contributed by atoms with Gasteiger partial charge in [-0.3, -0.25) is 13.9 Å². The van der Waals surface area contributed by atoms with Crippen molar-refractivity contribution in [1.29, 1.82) is 0 Å². The summed E-state index contributed by atoms with van der Waals surface area (Å²) in [4.78, 5) is 27.8. The molecule has 0 aliphatic carbocycles. The number of ether oxygens (including phenoxy) is 2. The smallest absolute Gasteiger partial charge is 0.244 e. The molecule has 35 heavy (non-hydrogen) atoms. The first-order chi connectivity index (χ1) is 16.5. The standard InChI is InChI=1S/C24H30ClN3O6S/c1-5-16(2)26-24(30)17(3)27(13-18-6-8-19(25)9-7-18)23(29)14-28(35(4,31)32)20-10-11-21-22(12-20)34-15-33-21/h6-12,16-17H,5,13-15H2,1-4H3,(H,26,30)/t16-,17+/m1/s1. The van der Waals surface area contributed by atoms with Crippen LogP contribution in [0.5, 0.6) is 11.5 Å². The van der Waals surface area contributed by atoms with Crippen molar-refractivity contribution in [3.8, 4) is 11.5 Å². The molecule has 2 amide bonds. The molecule has 3 rings (SSSR count). The Morgan fingerprint density at radius 1 is 1.09 bits per heavy atom. The summed E-state index contributed by atoms with van der Waals surface area (Å²) in [7, 11) is -3.84. The number of hydrogen-bond donors (Lipinski definition) is 1. The van der Waals surface area contributed by atoms with E-state index in [1.807, 2.05) is 13.8 Å². The third-order valence-electron chi connectivity index (χ3n) is 5.76. The van der Waals surface area contributed by atoms with E-state index < -0.39 is 28.5 Å². The van der Waals surface area contributed by atoms with E-state index in [9.17, 15) is 18.0 Å². The highest BCUT2D eigenvalue weighted by Crippen LogP contribution is 2.36. The van der Waals surface area contributed by atoms with Gasteiger partial charge < -0.3 is 19.7 Å². The second-order valence-electron chi connectivity index (χ2n) is 8.45. The number of hydrogen-bond acceptors (Lipinski definition) is 6. The Morgan fingerprint density at radius 3 is 2.37 bits per heavy atom. The van der Waals surface area contributed by atoms with Crippen LogP contribution in [0.15, 0.2) is 42.5 Å². The first kappa shape index (κ1) is 26.6. The van der Waals surface area contributed by atoms with Crippen molar-refractivity contribution >= 4 is 39.1 Å². The van der Waals surface area contributed by atoms with Gasteiger partial charge in [0.05, 0.1) is 11.9 Å². The Balaban J connectivity index is 1.90. The molecule has 11 heteroatoms. The van der Waals surface area contributed by atoms with Crippen molar-refractivity contribution in [3.63, 3.8) is 0 Å². The number of nitrogens with zero attached hydrogens (tertiary/aromatic N) is 2. The average Bonchev–Trinajstić information content (AvgIpc) is 3.28. The van der Waals surface area contributed by atoms with Gasteiger partial charge in [0, 0.05) is 23.7 Å². The number of sulfonamides is 1. The second-order valence-corrected chi connectivity index (χ2v) is 10.8. The normalized spacial score (nSPS) is 14.2. The minimum absolute atomic E-state index is 0.0360. The Morgan fingerprint density at radius 2 is 1.74 bits per heavy atom. The van der Waals surface area contributed by atoms with E-state index in [1.54, 1.807) is 43.3 Å². The molecule has 1 heterocycles. The molecule has 0 spiro atoms.